The monoisotopic (exact) mass is 309 g/mol. The maximum Gasteiger partial charge on any atom is 0.124 e. The van der Waals surface area contributed by atoms with Gasteiger partial charge in [-0.1, -0.05) is 32.4 Å². The SMILES string of the molecule is CCNC(C)c1cc(Cl)ccc1OC1CCC(C)C(C)C1. The Morgan fingerprint density at radius 1 is 1.29 bits per heavy atom. The van der Waals surface area contributed by atoms with Gasteiger partial charge in [0.1, 0.15) is 5.75 Å². The maximum absolute atomic E-state index is 6.33. The molecule has 1 aromatic rings. The van der Waals surface area contributed by atoms with Crippen molar-refractivity contribution in [2.45, 2.75) is 59.1 Å². The van der Waals surface area contributed by atoms with Gasteiger partial charge in [-0.3, -0.25) is 0 Å². The Labute approximate surface area is 134 Å². The number of ether oxygens (including phenoxy) is 1. The highest BCUT2D eigenvalue weighted by Gasteiger charge is 2.26. The Kier molecular flexibility index (Phi) is 5.95. The zero-order valence-electron chi connectivity index (χ0n) is 13.7. The predicted molar refractivity (Wildman–Crippen MR) is 90.1 cm³/mol. The van der Waals surface area contributed by atoms with Crippen molar-refractivity contribution in [3.8, 4) is 5.75 Å². The Bertz CT molecular complexity index is 463. The topological polar surface area (TPSA) is 21.3 Å². The van der Waals surface area contributed by atoms with E-state index < -0.39 is 0 Å². The van der Waals surface area contributed by atoms with E-state index in [-0.39, 0.29) is 6.04 Å². The minimum atomic E-state index is 0.253. The van der Waals surface area contributed by atoms with Crippen LogP contribution < -0.4 is 10.1 Å². The van der Waals surface area contributed by atoms with Crippen LogP contribution in [-0.4, -0.2) is 12.6 Å². The molecule has 0 bridgehead atoms. The van der Waals surface area contributed by atoms with Gasteiger partial charge in [-0.05, 0) is 62.8 Å². The van der Waals surface area contributed by atoms with Gasteiger partial charge in [0.15, 0.2) is 0 Å². The summed E-state index contributed by atoms with van der Waals surface area (Å²) in [5, 5.41) is 4.21. The quantitative estimate of drug-likeness (QED) is 0.805. The summed E-state index contributed by atoms with van der Waals surface area (Å²) in [4.78, 5) is 0. The number of hydrogen-bond acceptors (Lipinski definition) is 2. The van der Waals surface area contributed by atoms with E-state index in [1.807, 2.05) is 18.2 Å². The van der Waals surface area contributed by atoms with Crippen molar-refractivity contribution in [3.05, 3.63) is 28.8 Å². The number of hydrogen-bond donors (Lipinski definition) is 1. The fourth-order valence-electron chi connectivity index (χ4n) is 3.17. The predicted octanol–water partition coefficient (Wildman–Crippen LogP) is 5.21. The van der Waals surface area contributed by atoms with Crippen molar-refractivity contribution < 1.29 is 4.74 Å². The molecule has 1 N–H and O–H groups in total. The van der Waals surface area contributed by atoms with E-state index in [0.717, 1.165) is 47.6 Å². The summed E-state index contributed by atoms with van der Waals surface area (Å²) in [6.45, 7) is 9.90. The molecular weight excluding hydrogens is 282 g/mol. The van der Waals surface area contributed by atoms with E-state index in [1.165, 1.54) is 6.42 Å². The normalized spacial score (nSPS) is 27.4. The van der Waals surface area contributed by atoms with E-state index in [2.05, 4.69) is 33.0 Å². The summed E-state index contributed by atoms with van der Waals surface area (Å²) in [5.74, 6) is 2.54. The molecule has 1 fully saturated rings. The Morgan fingerprint density at radius 2 is 2.05 bits per heavy atom. The first-order chi connectivity index (χ1) is 10.0. The Morgan fingerprint density at radius 3 is 2.71 bits per heavy atom. The van der Waals surface area contributed by atoms with Crippen molar-refractivity contribution in [2.24, 2.45) is 11.8 Å². The zero-order chi connectivity index (χ0) is 15.4. The van der Waals surface area contributed by atoms with Gasteiger partial charge in [-0.15, -0.1) is 0 Å². The summed E-state index contributed by atoms with van der Waals surface area (Å²) < 4.78 is 6.33. The first-order valence-corrected chi connectivity index (χ1v) is 8.58. The molecule has 1 aliphatic carbocycles. The van der Waals surface area contributed by atoms with Crippen molar-refractivity contribution in [1.29, 1.82) is 0 Å². The molecule has 4 unspecified atom stereocenters. The van der Waals surface area contributed by atoms with E-state index in [1.54, 1.807) is 0 Å². The molecule has 118 valence electrons. The summed E-state index contributed by atoms with van der Waals surface area (Å²) in [7, 11) is 0. The van der Waals surface area contributed by atoms with E-state index >= 15 is 0 Å². The second-order valence-corrected chi connectivity index (χ2v) is 6.91. The van der Waals surface area contributed by atoms with E-state index in [9.17, 15) is 0 Å². The fourth-order valence-corrected chi connectivity index (χ4v) is 3.35. The van der Waals surface area contributed by atoms with Crippen LogP contribution in [0, 0.1) is 11.8 Å². The van der Waals surface area contributed by atoms with Crippen LogP contribution in [0.15, 0.2) is 18.2 Å². The Balaban J connectivity index is 2.12. The van der Waals surface area contributed by atoms with Crippen molar-refractivity contribution in [1.82, 2.24) is 5.32 Å². The lowest BCUT2D eigenvalue weighted by atomic mass is 9.80. The molecule has 21 heavy (non-hydrogen) atoms. The molecule has 3 heteroatoms. The highest BCUT2D eigenvalue weighted by molar-refractivity contribution is 6.30. The van der Waals surface area contributed by atoms with E-state index in [0.29, 0.717) is 6.10 Å². The number of nitrogens with one attached hydrogen (secondary N) is 1. The number of halogens is 1. The molecule has 0 aromatic heterocycles. The first-order valence-electron chi connectivity index (χ1n) is 8.20. The molecule has 0 saturated heterocycles. The van der Waals surface area contributed by atoms with Gasteiger partial charge >= 0.3 is 0 Å². The zero-order valence-corrected chi connectivity index (χ0v) is 14.4. The van der Waals surface area contributed by atoms with Gasteiger partial charge in [-0.2, -0.15) is 0 Å². The minimum absolute atomic E-state index is 0.253. The number of rotatable bonds is 5. The third-order valence-electron chi connectivity index (χ3n) is 4.79. The van der Waals surface area contributed by atoms with E-state index in [4.69, 9.17) is 16.3 Å². The Hall–Kier alpha value is -0.730. The highest BCUT2D eigenvalue weighted by atomic mass is 35.5. The van der Waals surface area contributed by atoms with Crippen LogP contribution in [0.25, 0.3) is 0 Å². The molecule has 1 saturated carbocycles. The molecule has 0 amide bonds. The van der Waals surface area contributed by atoms with Crippen molar-refractivity contribution >= 4 is 11.6 Å². The van der Waals surface area contributed by atoms with Gasteiger partial charge in [0, 0.05) is 16.6 Å². The van der Waals surface area contributed by atoms with Crippen LogP contribution in [0.2, 0.25) is 5.02 Å². The molecule has 2 nitrogen and oxygen atoms in total. The minimum Gasteiger partial charge on any atom is -0.490 e. The van der Waals surface area contributed by atoms with Gasteiger partial charge in [-0.25, -0.2) is 0 Å². The maximum atomic E-state index is 6.33. The molecule has 0 radical (unpaired) electrons. The molecular formula is C18H28ClNO. The molecule has 1 aliphatic rings. The van der Waals surface area contributed by atoms with Crippen LogP contribution in [0.1, 0.15) is 58.6 Å². The lowest BCUT2D eigenvalue weighted by Gasteiger charge is -2.33. The molecule has 0 aliphatic heterocycles. The highest BCUT2D eigenvalue weighted by Crippen LogP contribution is 2.35. The molecule has 0 spiro atoms. The van der Waals surface area contributed by atoms with Crippen LogP contribution in [0.3, 0.4) is 0 Å². The second kappa shape index (κ2) is 7.51. The molecule has 1 aromatic carbocycles. The van der Waals surface area contributed by atoms with Gasteiger partial charge in [0.2, 0.25) is 0 Å². The van der Waals surface area contributed by atoms with Gasteiger partial charge in [0.25, 0.3) is 0 Å². The number of benzene rings is 1. The fraction of sp³-hybridized carbons (Fsp3) is 0.667. The molecule has 4 atom stereocenters. The van der Waals surface area contributed by atoms with Crippen LogP contribution in [-0.2, 0) is 0 Å². The average molecular weight is 310 g/mol. The standard InChI is InChI=1S/C18H28ClNO/c1-5-20-14(4)17-11-15(19)7-9-18(17)21-16-8-6-12(2)13(3)10-16/h7,9,11-14,16,20H,5-6,8,10H2,1-4H3. The largest absolute Gasteiger partial charge is 0.490 e. The average Bonchev–Trinajstić information content (AvgIpc) is 2.45. The summed E-state index contributed by atoms with van der Waals surface area (Å²) in [6.07, 6.45) is 3.91. The third kappa shape index (κ3) is 4.37. The van der Waals surface area contributed by atoms with Gasteiger partial charge < -0.3 is 10.1 Å². The summed E-state index contributed by atoms with van der Waals surface area (Å²) >= 11 is 6.16. The molecule has 0 heterocycles. The first kappa shape index (κ1) is 16.6. The smallest absolute Gasteiger partial charge is 0.124 e. The summed E-state index contributed by atoms with van der Waals surface area (Å²) in [6, 6.07) is 6.23. The van der Waals surface area contributed by atoms with Gasteiger partial charge in [0.05, 0.1) is 6.10 Å². The summed E-state index contributed by atoms with van der Waals surface area (Å²) in [5.41, 5.74) is 1.16. The van der Waals surface area contributed by atoms with Crippen molar-refractivity contribution in [2.75, 3.05) is 6.54 Å². The molecule has 2 rings (SSSR count). The van der Waals surface area contributed by atoms with Crippen LogP contribution in [0.4, 0.5) is 0 Å². The van der Waals surface area contributed by atoms with Crippen LogP contribution in [0.5, 0.6) is 5.75 Å². The lowest BCUT2D eigenvalue weighted by molar-refractivity contribution is 0.0992. The third-order valence-corrected chi connectivity index (χ3v) is 5.03. The lowest BCUT2D eigenvalue weighted by Crippen LogP contribution is -2.29. The van der Waals surface area contributed by atoms with Crippen molar-refractivity contribution in [3.63, 3.8) is 0 Å². The second-order valence-electron chi connectivity index (χ2n) is 6.47. The van der Waals surface area contributed by atoms with Crippen LogP contribution >= 0.6 is 11.6 Å².